The zero-order valence-corrected chi connectivity index (χ0v) is 16.8. The Morgan fingerprint density at radius 2 is 2.10 bits per heavy atom. The number of likely N-dealkylation sites (tertiary alicyclic amines) is 1. The lowest BCUT2D eigenvalue weighted by atomic mass is 10.1. The Balaban J connectivity index is 1.86. The van der Waals surface area contributed by atoms with Crippen molar-refractivity contribution in [2.75, 3.05) is 20.1 Å². The van der Waals surface area contributed by atoms with E-state index in [2.05, 4.69) is 9.98 Å². The van der Waals surface area contributed by atoms with Crippen molar-refractivity contribution in [2.45, 2.75) is 32.2 Å². The largest absolute Gasteiger partial charge is 0.406 e. The number of benzene rings is 1. The van der Waals surface area contributed by atoms with Gasteiger partial charge in [-0.3, -0.25) is 4.99 Å². The summed E-state index contributed by atoms with van der Waals surface area (Å²) in [6.07, 6.45) is -5.06. The second kappa shape index (κ2) is 7.53. The monoisotopic (exact) mass is 424 g/mol. The Morgan fingerprint density at radius 1 is 1.31 bits per heavy atom. The molecule has 3 heterocycles. The van der Waals surface area contributed by atoms with Crippen LogP contribution < -0.4 is 0 Å². The predicted octanol–water partition coefficient (Wildman–Crippen LogP) is 5.38. The van der Waals surface area contributed by atoms with Gasteiger partial charge in [0.25, 0.3) is 0 Å². The zero-order chi connectivity index (χ0) is 20.8. The molecule has 1 saturated heterocycles. The lowest BCUT2D eigenvalue weighted by molar-refractivity contribution is -0.139. The molecule has 1 atom stereocenters. The molecule has 0 radical (unpaired) electrons. The second-order valence-electron chi connectivity index (χ2n) is 7.32. The van der Waals surface area contributed by atoms with Crippen LogP contribution in [0.1, 0.15) is 12.1 Å². The van der Waals surface area contributed by atoms with Crippen LogP contribution in [0.3, 0.4) is 0 Å². The fourth-order valence-electron chi connectivity index (χ4n) is 3.58. The maximum Gasteiger partial charge on any atom is 0.406 e. The Kier molecular flexibility index (Phi) is 5.20. The van der Waals surface area contributed by atoms with E-state index in [1.807, 2.05) is 11.9 Å². The van der Waals surface area contributed by atoms with Gasteiger partial charge < -0.3 is 9.47 Å². The fourth-order valence-corrected chi connectivity index (χ4v) is 4.40. The fraction of sp³-hybridized carbons (Fsp3) is 0.400. The number of fused-ring (bicyclic) bond motifs is 1. The number of thiazole rings is 1. The number of aromatic nitrogens is 2. The molecule has 154 valence electrons. The highest BCUT2D eigenvalue weighted by Gasteiger charge is 2.31. The summed E-state index contributed by atoms with van der Waals surface area (Å²) in [6.45, 7) is 1.65. The van der Waals surface area contributed by atoms with Gasteiger partial charge in [-0.2, -0.15) is 13.2 Å². The summed E-state index contributed by atoms with van der Waals surface area (Å²) in [5.74, 6) is 0. The predicted molar refractivity (Wildman–Crippen MR) is 108 cm³/mol. The molecule has 3 aromatic rings. The van der Waals surface area contributed by atoms with Crippen LogP contribution >= 0.6 is 11.3 Å². The number of alkyl halides is 4. The van der Waals surface area contributed by atoms with Crippen molar-refractivity contribution in [3.8, 4) is 10.7 Å². The first-order valence-corrected chi connectivity index (χ1v) is 10.1. The SMILES string of the molecule is Cc1csc(-c2cc3c(N=C4CCN(C)C[C@@H]4F)cccc3n2CC(F)(F)F)n1. The minimum Gasteiger partial charge on any atom is -0.329 e. The van der Waals surface area contributed by atoms with E-state index in [0.29, 0.717) is 46.0 Å². The zero-order valence-electron chi connectivity index (χ0n) is 16.0. The molecule has 0 unspecified atom stereocenters. The quantitative estimate of drug-likeness (QED) is 0.529. The molecule has 0 amide bonds. The molecule has 1 fully saturated rings. The number of aryl methyl sites for hydroxylation is 1. The average molecular weight is 424 g/mol. The summed E-state index contributed by atoms with van der Waals surface area (Å²) in [5.41, 5.74) is 2.48. The molecule has 0 spiro atoms. The molecule has 0 N–H and O–H groups in total. The van der Waals surface area contributed by atoms with E-state index < -0.39 is 18.9 Å². The summed E-state index contributed by atoms with van der Waals surface area (Å²) in [7, 11) is 1.85. The van der Waals surface area contributed by atoms with Crippen LogP contribution in [0.5, 0.6) is 0 Å². The number of halogens is 4. The van der Waals surface area contributed by atoms with E-state index in [-0.39, 0.29) is 6.54 Å². The molecule has 29 heavy (non-hydrogen) atoms. The maximum atomic E-state index is 14.4. The van der Waals surface area contributed by atoms with Gasteiger partial charge in [-0.25, -0.2) is 9.37 Å². The molecular formula is C20H20F4N4S. The van der Waals surface area contributed by atoms with Crippen LogP contribution in [-0.4, -0.2) is 52.6 Å². The highest BCUT2D eigenvalue weighted by Crippen LogP contribution is 2.37. The van der Waals surface area contributed by atoms with Gasteiger partial charge in [0.05, 0.1) is 22.6 Å². The van der Waals surface area contributed by atoms with E-state index in [1.165, 1.54) is 15.9 Å². The van der Waals surface area contributed by atoms with E-state index in [4.69, 9.17) is 0 Å². The molecule has 0 bridgehead atoms. The maximum absolute atomic E-state index is 14.4. The van der Waals surface area contributed by atoms with Crippen LogP contribution in [0.2, 0.25) is 0 Å². The van der Waals surface area contributed by atoms with Crippen molar-refractivity contribution >= 4 is 33.6 Å². The summed E-state index contributed by atoms with van der Waals surface area (Å²) in [6, 6.07) is 6.69. The number of hydrogen-bond donors (Lipinski definition) is 0. The smallest absolute Gasteiger partial charge is 0.329 e. The molecule has 4 rings (SSSR count). The number of nitrogens with zero attached hydrogens (tertiary/aromatic N) is 4. The van der Waals surface area contributed by atoms with Crippen molar-refractivity contribution in [1.82, 2.24) is 14.5 Å². The van der Waals surface area contributed by atoms with E-state index in [0.717, 1.165) is 5.69 Å². The average Bonchev–Trinajstić information content (AvgIpc) is 3.21. The van der Waals surface area contributed by atoms with Gasteiger partial charge >= 0.3 is 6.18 Å². The van der Waals surface area contributed by atoms with E-state index in [1.54, 1.807) is 36.6 Å². The molecule has 1 aliphatic heterocycles. The lowest BCUT2D eigenvalue weighted by Crippen LogP contribution is -2.39. The van der Waals surface area contributed by atoms with Crippen LogP contribution in [0, 0.1) is 6.92 Å². The molecule has 0 aliphatic carbocycles. The molecule has 1 aliphatic rings. The minimum atomic E-state index is -4.38. The van der Waals surface area contributed by atoms with Crippen LogP contribution in [0.4, 0.5) is 23.2 Å². The van der Waals surface area contributed by atoms with Crippen molar-refractivity contribution < 1.29 is 17.6 Å². The van der Waals surface area contributed by atoms with E-state index in [9.17, 15) is 17.6 Å². The minimum absolute atomic E-state index is 0.271. The van der Waals surface area contributed by atoms with Crippen molar-refractivity contribution in [2.24, 2.45) is 4.99 Å². The number of rotatable bonds is 3. The lowest BCUT2D eigenvalue weighted by Gasteiger charge is -2.26. The van der Waals surface area contributed by atoms with Gasteiger partial charge in [0, 0.05) is 36.0 Å². The Labute approximate surface area is 169 Å². The summed E-state index contributed by atoms with van der Waals surface area (Å²) < 4.78 is 55.5. The van der Waals surface area contributed by atoms with Crippen LogP contribution in [0.15, 0.2) is 34.6 Å². The number of hydrogen-bond acceptors (Lipinski definition) is 4. The first-order chi connectivity index (χ1) is 13.7. The summed E-state index contributed by atoms with van der Waals surface area (Å²) in [5, 5.41) is 2.89. The molecule has 1 aromatic carbocycles. The van der Waals surface area contributed by atoms with Crippen molar-refractivity contribution in [1.29, 1.82) is 0 Å². The Bertz CT molecular complexity index is 1070. The molecule has 2 aromatic heterocycles. The van der Waals surface area contributed by atoms with Crippen LogP contribution in [0.25, 0.3) is 21.6 Å². The van der Waals surface area contributed by atoms with Gasteiger partial charge in [0.15, 0.2) is 6.17 Å². The van der Waals surface area contributed by atoms with Gasteiger partial charge in [-0.15, -0.1) is 11.3 Å². The Hall–Kier alpha value is -2.26. The standard InChI is InChI=1S/C20H20F4N4S/c1-12-10-29-19(25-12)18-8-13-15(26-16-6-7-27(2)9-14(16)21)4-3-5-17(13)28(18)11-20(22,23)24/h3-5,8,10,14H,6-7,9,11H2,1-2H3/t14-/m0/s1. The first kappa shape index (κ1) is 20.0. The third-order valence-corrected chi connectivity index (χ3v) is 5.93. The van der Waals surface area contributed by atoms with Crippen LogP contribution in [-0.2, 0) is 6.54 Å². The first-order valence-electron chi connectivity index (χ1n) is 9.23. The summed E-state index contributed by atoms with van der Waals surface area (Å²) >= 11 is 1.30. The molecule has 0 saturated carbocycles. The molecule has 4 nitrogen and oxygen atoms in total. The van der Waals surface area contributed by atoms with Gasteiger partial charge in [0.2, 0.25) is 0 Å². The van der Waals surface area contributed by atoms with E-state index >= 15 is 0 Å². The second-order valence-corrected chi connectivity index (χ2v) is 8.18. The molecule has 9 heteroatoms. The summed E-state index contributed by atoms with van der Waals surface area (Å²) in [4.78, 5) is 10.8. The highest BCUT2D eigenvalue weighted by atomic mass is 32.1. The topological polar surface area (TPSA) is 33.4 Å². The van der Waals surface area contributed by atoms with Gasteiger partial charge in [0.1, 0.15) is 11.6 Å². The van der Waals surface area contributed by atoms with Crippen molar-refractivity contribution in [3.05, 3.63) is 35.3 Å². The highest BCUT2D eigenvalue weighted by molar-refractivity contribution is 7.13. The normalized spacial score (nSPS) is 20.1. The van der Waals surface area contributed by atoms with Crippen molar-refractivity contribution in [3.63, 3.8) is 0 Å². The van der Waals surface area contributed by atoms with Gasteiger partial charge in [-0.1, -0.05) is 6.07 Å². The number of aliphatic imine (C=N–C) groups is 1. The molecular weight excluding hydrogens is 404 g/mol. The number of piperidine rings is 1. The Morgan fingerprint density at radius 3 is 2.76 bits per heavy atom. The third-order valence-electron chi connectivity index (χ3n) is 4.95. The van der Waals surface area contributed by atoms with Gasteiger partial charge in [-0.05, 0) is 32.2 Å². The third kappa shape index (κ3) is 4.20.